The minimum atomic E-state index is -0.270. The minimum Gasteiger partial charge on any atom is -0.507 e. The molecule has 3 nitrogen and oxygen atoms in total. The van der Waals surface area contributed by atoms with Gasteiger partial charge in [0, 0.05) is 16.0 Å². The van der Waals surface area contributed by atoms with Gasteiger partial charge in [0.25, 0.3) is 0 Å². The summed E-state index contributed by atoms with van der Waals surface area (Å²) in [5, 5.41) is 10.4. The molecule has 0 heterocycles. The number of fused-ring (bicyclic) bond motifs is 2. The van der Waals surface area contributed by atoms with Crippen molar-refractivity contribution in [1.82, 2.24) is 0 Å². The number of unbranched alkanes of at least 4 members (excludes halogenated alkanes) is 10. The lowest BCUT2D eigenvalue weighted by Crippen LogP contribution is -2.22. The van der Waals surface area contributed by atoms with Gasteiger partial charge >= 0.3 is 0 Å². The highest BCUT2D eigenvalue weighted by atomic mass is 32.1. The molecule has 0 bridgehead atoms. The Hall–Kier alpha value is -2.07. The summed E-state index contributed by atoms with van der Waals surface area (Å²) in [6, 6.07) is 6.94. The van der Waals surface area contributed by atoms with Crippen molar-refractivity contribution in [2.45, 2.75) is 109 Å². The van der Waals surface area contributed by atoms with Gasteiger partial charge in [0.05, 0.1) is 11.1 Å². The maximum atomic E-state index is 13.4. The lowest BCUT2D eigenvalue weighted by Gasteiger charge is -2.22. The molecule has 0 radical (unpaired) electrons. The number of rotatable bonds is 14. The van der Waals surface area contributed by atoms with Crippen molar-refractivity contribution in [3.63, 3.8) is 0 Å². The number of benzene rings is 2. The predicted molar refractivity (Wildman–Crippen MR) is 143 cm³/mol. The summed E-state index contributed by atoms with van der Waals surface area (Å²) in [6.07, 6.45) is 16.6. The summed E-state index contributed by atoms with van der Waals surface area (Å²) >= 11 is 4.41. The summed E-state index contributed by atoms with van der Waals surface area (Å²) in [5.74, 6) is -0.625. The zero-order chi connectivity index (χ0) is 24.5. The van der Waals surface area contributed by atoms with Gasteiger partial charge in [-0.25, -0.2) is 0 Å². The van der Waals surface area contributed by atoms with Gasteiger partial charge < -0.3 is 5.11 Å². The zero-order valence-corrected chi connectivity index (χ0v) is 21.8. The van der Waals surface area contributed by atoms with Crippen LogP contribution in [0.4, 0.5) is 0 Å². The number of aromatic hydroxyl groups is 1. The molecule has 0 unspecified atom stereocenters. The average molecular weight is 481 g/mol. The third-order valence-electron chi connectivity index (χ3n) is 7.04. The second kappa shape index (κ2) is 13.1. The normalized spacial score (nSPS) is 12.7. The van der Waals surface area contributed by atoms with Gasteiger partial charge in [-0.2, -0.15) is 0 Å². The van der Waals surface area contributed by atoms with E-state index in [1.54, 1.807) is 6.07 Å². The number of thiol groups is 1. The first-order chi connectivity index (χ1) is 16.5. The topological polar surface area (TPSA) is 54.4 Å². The van der Waals surface area contributed by atoms with Crippen molar-refractivity contribution in [1.29, 1.82) is 0 Å². The highest BCUT2D eigenvalue weighted by molar-refractivity contribution is 7.80. The van der Waals surface area contributed by atoms with Crippen molar-refractivity contribution < 1.29 is 14.7 Å². The number of ketones is 2. The lowest BCUT2D eigenvalue weighted by molar-refractivity contribution is 0.0974. The highest BCUT2D eigenvalue weighted by Gasteiger charge is 2.34. The first kappa shape index (κ1) is 26.5. The summed E-state index contributed by atoms with van der Waals surface area (Å²) in [6.45, 7) is 4.46. The Balaban J connectivity index is 1.84. The van der Waals surface area contributed by atoms with Crippen LogP contribution in [0.1, 0.15) is 134 Å². The molecule has 0 amide bonds. The molecule has 0 spiro atoms. The smallest absolute Gasteiger partial charge is 0.198 e. The standard InChI is InChI=1S/C30H40O3S/c1-3-5-7-9-11-13-15-21-19-23-24(20-22(21)16-14-12-10-8-6-4-2)30(33)28-26(34)18-17-25(31)27(28)29(23)32/h17-20,31,34H,3-16H2,1-2H3. The molecule has 0 saturated heterocycles. The van der Waals surface area contributed by atoms with Gasteiger partial charge in [0.2, 0.25) is 0 Å². The van der Waals surface area contributed by atoms with E-state index in [9.17, 15) is 14.7 Å². The first-order valence-electron chi connectivity index (χ1n) is 13.3. The van der Waals surface area contributed by atoms with Crippen LogP contribution in [0.5, 0.6) is 5.75 Å². The van der Waals surface area contributed by atoms with Crippen LogP contribution >= 0.6 is 12.6 Å². The Labute approximate surface area is 210 Å². The van der Waals surface area contributed by atoms with E-state index in [2.05, 4.69) is 26.5 Å². The molecule has 0 aliphatic heterocycles. The van der Waals surface area contributed by atoms with Crippen LogP contribution in [0.3, 0.4) is 0 Å². The fraction of sp³-hybridized carbons (Fsp3) is 0.533. The molecule has 0 saturated carbocycles. The summed E-state index contributed by atoms with van der Waals surface area (Å²) in [7, 11) is 0. The molecular weight excluding hydrogens is 440 g/mol. The summed E-state index contributed by atoms with van der Waals surface area (Å²) < 4.78 is 0. The van der Waals surface area contributed by atoms with Crippen molar-refractivity contribution in [3.8, 4) is 5.75 Å². The summed E-state index contributed by atoms with van der Waals surface area (Å²) in [4.78, 5) is 27.2. The van der Waals surface area contributed by atoms with Gasteiger partial charge in [0.15, 0.2) is 11.6 Å². The minimum absolute atomic E-state index is 0.0965. The Kier molecular flexibility index (Phi) is 10.2. The molecule has 0 fully saturated rings. The number of carbonyl (C=O) groups is 2. The molecule has 2 aromatic carbocycles. The Morgan fingerprint density at radius 1 is 0.647 bits per heavy atom. The van der Waals surface area contributed by atoms with Crippen LogP contribution in [0, 0.1) is 0 Å². The predicted octanol–water partition coefficient (Wildman–Crippen LogP) is 8.26. The number of phenols is 1. The van der Waals surface area contributed by atoms with Crippen LogP contribution in [-0.2, 0) is 12.8 Å². The molecule has 3 rings (SSSR count). The van der Waals surface area contributed by atoms with Gasteiger partial charge in [-0.15, -0.1) is 12.6 Å². The number of hydrogen-bond donors (Lipinski definition) is 2. The van der Waals surface area contributed by atoms with Gasteiger partial charge in [0.1, 0.15) is 5.75 Å². The van der Waals surface area contributed by atoms with E-state index >= 15 is 0 Å². The van der Waals surface area contributed by atoms with E-state index in [-0.39, 0.29) is 28.4 Å². The second-order valence-electron chi connectivity index (χ2n) is 9.71. The molecule has 4 heteroatoms. The number of aryl methyl sites for hydroxylation is 2. The molecule has 2 aromatic rings. The second-order valence-corrected chi connectivity index (χ2v) is 10.2. The SMILES string of the molecule is CCCCCCCCc1cc2c(cc1CCCCCCCC)C(=O)c1c(S)ccc(O)c1C2=O. The van der Waals surface area contributed by atoms with Gasteiger partial charge in [-0.3, -0.25) is 9.59 Å². The molecule has 1 aliphatic carbocycles. The van der Waals surface area contributed by atoms with Crippen molar-refractivity contribution in [2.24, 2.45) is 0 Å². The van der Waals surface area contributed by atoms with E-state index in [0.717, 1.165) is 25.7 Å². The molecule has 184 valence electrons. The Morgan fingerprint density at radius 2 is 1.09 bits per heavy atom. The number of carbonyl (C=O) groups excluding carboxylic acids is 2. The third kappa shape index (κ3) is 6.33. The molecular formula is C30H40O3S. The number of phenolic OH excluding ortho intramolecular Hbond substituents is 1. The van der Waals surface area contributed by atoms with Crippen molar-refractivity contribution in [3.05, 3.63) is 57.6 Å². The fourth-order valence-electron chi connectivity index (χ4n) is 5.03. The van der Waals surface area contributed by atoms with E-state index < -0.39 is 0 Å². The fourth-order valence-corrected chi connectivity index (χ4v) is 5.32. The molecule has 0 aromatic heterocycles. The van der Waals surface area contributed by atoms with E-state index in [1.807, 2.05) is 12.1 Å². The van der Waals surface area contributed by atoms with Crippen molar-refractivity contribution in [2.75, 3.05) is 0 Å². The van der Waals surface area contributed by atoms with Crippen LogP contribution in [0.15, 0.2) is 29.2 Å². The number of hydrogen-bond acceptors (Lipinski definition) is 4. The first-order valence-corrected chi connectivity index (χ1v) is 13.7. The van der Waals surface area contributed by atoms with E-state index in [0.29, 0.717) is 16.0 Å². The van der Waals surface area contributed by atoms with Crippen LogP contribution in [-0.4, -0.2) is 16.7 Å². The summed E-state index contributed by atoms with van der Waals surface area (Å²) in [5.41, 5.74) is 3.61. The Morgan fingerprint density at radius 3 is 1.59 bits per heavy atom. The molecule has 1 N–H and O–H groups in total. The lowest BCUT2D eigenvalue weighted by atomic mass is 9.80. The zero-order valence-electron chi connectivity index (χ0n) is 20.9. The quantitative estimate of drug-likeness (QED) is 0.180. The third-order valence-corrected chi connectivity index (χ3v) is 7.42. The van der Waals surface area contributed by atoms with E-state index in [4.69, 9.17) is 0 Å². The maximum absolute atomic E-state index is 13.4. The molecule has 34 heavy (non-hydrogen) atoms. The highest BCUT2D eigenvalue weighted by Crippen LogP contribution is 2.37. The van der Waals surface area contributed by atoms with Crippen LogP contribution < -0.4 is 0 Å². The monoisotopic (exact) mass is 480 g/mol. The van der Waals surface area contributed by atoms with Gasteiger partial charge in [-0.1, -0.05) is 78.1 Å². The Bertz CT molecular complexity index is 929. The van der Waals surface area contributed by atoms with Gasteiger partial charge in [-0.05, 0) is 61.1 Å². The maximum Gasteiger partial charge on any atom is 0.198 e. The molecule has 1 aliphatic rings. The van der Waals surface area contributed by atoms with E-state index in [1.165, 1.54) is 81.4 Å². The van der Waals surface area contributed by atoms with Crippen LogP contribution in [0.2, 0.25) is 0 Å². The largest absolute Gasteiger partial charge is 0.507 e. The average Bonchev–Trinajstić information content (AvgIpc) is 2.83. The van der Waals surface area contributed by atoms with Crippen LogP contribution in [0.25, 0.3) is 0 Å². The molecule has 0 atom stereocenters. The van der Waals surface area contributed by atoms with Crippen molar-refractivity contribution >= 4 is 24.2 Å².